The van der Waals surface area contributed by atoms with Crippen LogP contribution in [0.2, 0.25) is 0 Å². The molecule has 2 aromatic rings. The van der Waals surface area contributed by atoms with Gasteiger partial charge in [0.15, 0.2) is 0 Å². The average Bonchev–Trinajstić information content (AvgIpc) is 2.60. The minimum Gasteiger partial charge on any atom is -0.381 e. The normalized spacial score (nSPS) is 13.4. The third-order valence-corrected chi connectivity index (χ3v) is 4.70. The lowest BCUT2D eigenvalue weighted by atomic mass is 9.82. The zero-order valence-electron chi connectivity index (χ0n) is 15.5. The van der Waals surface area contributed by atoms with Crippen molar-refractivity contribution in [3.63, 3.8) is 0 Å². The smallest absolute Gasteiger partial charge is 0.112 e. The summed E-state index contributed by atoms with van der Waals surface area (Å²) in [6.07, 6.45) is 0. The molecule has 0 fully saturated rings. The van der Waals surface area contributed by atoms with Crippen LogP contribution < -0.4 is 0 Å². The molecule has 1 atom stereocenters. The van der Waals surface area contributed by atoms with Crippen molar-refractivity contribution in [2.75, 3.05) is 0 Å². The highest BCUT2D eigenvalue weighted by Gasteiger charge is 2.28. The van der Waals surface area contributed by atoms with Gasteiger partial charge in [-0.15, -0.1) is 0 Å². The van der Waals surface area contributed by atoms with Crippen LogP contribution in [0.25, 0.3) is 0 Å². The van der Waals surface area contributed by atoms with Gasteiger partial charge in [0.1, 0.15) is 5.60 Å². The lowest BCUT2D eigenvalue weighted by molar-refractivity contribution is 0.102. The lowest BCUT2D eigenvalue weighted by Gasteiger charge is -2.26. The Kier molecular flexibility index (Phi) is 5.31. The summed E-state index contributed by atoms with van der Waals surface area (Å²) in [5, 5.41) is 30.1. The molecule has 1 unspecified atom stereocenters. The van der Waals surface area contributed by atoms with Crippen molar-refractivity contribution in [1.29, 1.82) is 10.5 Å². The maximum Gasteiger partial charge on any atom is 0.112 e. The zero-order valence-corrected chi connectivity index (χ0v) is 15.5. The van der Waals surface area contributed by atoms with Gasteiger partial charge in [-0.1, -0.05) is 52.0 Å². The van der Waals surface area contributed by atoms with Crippen LogP contribution >= 0.6 is 0 Å². The van der Waals surface area contributed by atoms with Gasteiger partial charge in [-0.2, -0.15) is 10.5 Å². The zero-order chi connectivity index (χ0) is 18.8. The number of nitriles is 2. The number of rotatable bonds is 4. The van der Waals surface area contributed by atoms with Gasteiger partial charge in [-0.25, -0.2) is 0 Å². The molecule has 0 saturated carbocycles. The maximum absolute atomic E-state index is 11.1. The van der Waals surface area contributed by atoms with Crippen LogP contribution in [0, 0.1) is 22.7 Å². The van der Waals surface area contributed by atoms with E-state index in [2.05, 4.69) is 26.0 Å². The largest absolute Gasteiger partial charge is 0.381 e. The second-order valence-electron chi connectivity index (χ2n) is 7.21. The molecule has 2 aromatic carbocycles. The number of hydrogen-bond donors (Lipinski definition) is 1. The van der Waals surface area contributed by atoms with Gasteiger partial charge < -0.3 is 5.11 Å². The monoisotopic (exact) mass is 332 g/mol. The standard InChI is InChI=1S/C22H24N2O/c1-14(2)16-6-8-19(9-7-16)22(5,25)20-10-17(12-23)21(15(3)4)18(11-20)13-24/h6-11,14-15,25H,1-5H3. The lowest BCUT2D eigenvalue weighted by Crippen LogP contribution is -2.23. The Morgan fingerprint density at radius 3 is 1.68 bits per heavy atom. The average molecular weight is 332 g/mol. The number of benzene rings is 2. The molecule has 0 heterocycles. The summed E-state index contributed by atoms with van der Waals surface area (Å²) in [6, 6.07) is 15.6. The van der Waals surface area contributed by atoms with Crippen molar-refractivity contribution >= 4 is 0 Å². The topological polar surface area (TPSA) is 67.8 Å². The molecule has 25 heavy (non-hydrogen) atoms. The second-order valence-corrected chi connectivity index (χ2v) is 7.21. The molecule has 0 aliphatic carbocycles. The Morgan fingerprint density at radius 2 is 1.32 bits per heavy atom. The Morgan fingerprint density at radius 1 is 0.840 bits per heavy atom. The Bertz CT molecular complexity index is 812. The third kappa shape index (κ3) is 3.58. The fourth-order valence-electron chi connectivity index (χ4n) is 3.10. The Hall–Kier alpha value is -2.62. The summed E-state index contributed by atoms with van der Waals surface area (Å²) in [7, 11) is 0. The Balaban J connectivity index is 2.60. The predicted molar refractivity (Wildman–Crippen MR) is 99.2 cm³/mol. The van der Waals surface area contributed by atoms with Gasteiger partial charge >= 0.3 is 0 Å². The quantitative estimate of drug-likeness (QED) is 0.863. The van der Waals surface area contributed by atoms with Crippen LogP contribution in [0.3, 0.4) is 0 Å². The number of aliphatic hydroxyl groups is 1. The van der Waals surface area contributed by atoms with E-state index >= 15 is 0 Å². The third-order valence-electron chi connectivity index (χ3n) is 4.70. The molecule has 1 N–H and O–H groups in total. The summed E-state index contributed by atoms with van der Waals surface area (Å²) in [5.41, 5.74) is 2.85. The fourth-order valence-corrected chi connectivity index (χ4v) is 3.10. The summed E-state index contributed by atoms with van der Waals surface area (Å²) in [5.74, 6) is 0.480. The maximum atomic E-state index is 11.1. The van der Waals surface area contributed by atoms with Crippen molar-refractivity contribution < 1.29 is 5.11 Å². The van der Waals surface area contributed by atoms with E-state index in [1.807, 2.05) is 38.1 Å². The van der Waals surface area contributed by atoms with Crippen molar-refractivity contribution in [2.24, 2.45) is 0 Å². The predicted octanol–water partition coefficient (Wildman–Crippen LogP) is 4.93. The molecule has 0 amide bonds. The summed E-state index contributed by atoms with van der Waals surface area (Å²) >= 11 is 0. The Labute approximate surface area is 150 Å². The van der Waals surface area contributed by atoms with Gasteiger partial charge in [0.25, 0.3) is 0 Å². The van der Waals surface area contributed by atoms with Crippen LogP contribution in [0.1, 0.15) is 79.8 Å². The molecule has 0 bridgehead atoms. The highest BCUT2D eigenvalue weighted by atomic mass is 16.3. The molecule has 3 heteroatoms. The van der Waals surface area contributed by atoms with Crippen molar-refractivity contribution in [2.45, 2.75) is 52.1 Å². The molecule has 2 rings (SSSR count). The van der Waals surface area contributed by atoms with Crippen LogP contribution in [-0.2, 0) is 5.60 Å². The van der Waals surface area contributed by atoms with E-state index < -0.39 is 5.60 Å². The molecule has 0 saturated heterocycles. The van der Waals surface area contributed by atoms with Crippen molar-refractivity contribution in [3.05, 3.63) is 69.8 Å². The molecular formula is C22H24N2O. The SMILES string of the molecule is CC(C)c1ccc(C(C)(O)c2cc(C#N)c(C(C)C)c(C#N)c2)cc1. The molecule has 0 spiro atoms. The molecule has 0 aliphatic rings. The van der Waals surface area contributed by atoms with Gasteiger partial charge in [0.2, 0.25) is 0 Å². The summed E-state index contributed by atoms with van der Waals surface area (Å²) in [6.45, 7) is 9.86. The van der Waals surface area contributed by atoms with E-state index in [1.54, 1.807) is 19.1 Å². The van der Waals surface area contributed by atoms with E-state index in [9.17, 15) is 15.6 Å². The molecule has 3 nitrogen and oxygen atoms in total. The number of nitrogens with zero attached hydrogens (tertiary/aromatic N) is 2. The van der Waals surface area contributed by atoms with Gasteiger partial charge in [0.05, 0.1) is 23.3 Å². The minimum atomic E-state index is -1.28. The van der Waals surface area contributed by atoms with Crippen molar-refractivity contribution in [1.82, 2.24) is 0 Å². The molecule has 0 aliphatic heterocycles. The van der Waals surface area contributed by atoms with E-state index in [0.717, 1.165) is 11.1 Å². The molecule has 0 aromatic heterocycles. The first-order valence-corrected chi connectivity index (χ1v) is 8.53. The molecule has 128 valence electrons. The van der Waals surface area contributed by atoms with E-state index in [-0.39, 0.29) is 5.92 Å². The van der Waals surface area contributed by atoms with Crippen LogP contribution in [0.4, 0.5) is 0 Å². The van der Waals surface area contributed by atoms with Gasteiger partial charge in [0, 0.05) is 0 Å². The minimum absolute atomic E-state index is 0.0635. The van der Waals surface area contributed by atoms with Crippen molar-refractivity contribution in [3.8, 4) is 12.1 Å². The molecule has 0 radical (unpaired) electrons. The van der Waals surface area contributed by atoms with Crippen LogP contribution in [0.5, 0.6) is 0 Å². The number of hydrogen-bond acceptors (Lipinski definition) is 3. The van der Waals surface area contributed by atoms with Crippen LogP contribution in [0.15, 0.2) is 36.4 Å². The fraction of sp³-hybridized carbons (Fsp3) is 0.364. The van der Waals surface area contributed by atoms with E-state index in [4.69, 9.17) is 0 Å². The van der Waals surface area contributed by atoms with Gasteiger partial charge in [-0.3, -0.25) is 0 Å². The van der Waals surface area contributed by atoms with Gasteiger partial charge in [-0.05, 0) is 53.1 Å². The van der Waals surface area contributed by atoms with E-state index in [1.165, 1.54) is 5.56 Å². The first-order valence-electron chi connectivity index (χ1n) is 8.53. The highest BCUT2D eigenvalue weighted by molar-refractivity contribution is 5.54. The molecular weight excluding hydrogens is 308 g/mol. The first-order chi connectivity index (χ1) is 11.7. The highest BCUT2D eigenvalue weighted by Crippen LogP contribution is 2.34. The first kappa shape index (κ1) is 18.7. The van der Waals surface area contributed by atoms with Crippen LogP contribution in [-0.4, -0.2) is 5.11 Å². The van der Waals surface area contributed by atoms with E-state index in [0.29, 0.717) is 22.6 Å². The summed E-state index contributed by atoms with van der Waals surface area (Å²) in [4.78, 5) is 0. The summed E-state index contributed by atoms with van der Waals surface area (Å²) < 4.78 is 0. The second kappa shape index (κ2) is 7.09.